The van der Waals surface area contributed by atoms with E-state index in [1.54, 1.807) is 0 Å². The zero-order chi connectivity index (χ0) is 8.85. The van der Waals surface area contributed by atoms with E-state index in [2.05, 4.69) is 46.1 Å². The van der Waals surface area contributed by atoms with Gasteiger partial charge < -0.3 is 0 Å². The first-order valence-electron chi connectivity index (χ1n) is 4.49. The summed E-state index contributed by atoms with van der Waals surface area (Å²) >= 11 is 0. The van der Waals surface area contributed by atoms with Crippen molar-refractivity contribution in [3.63, 3.8) is 0 Å². The van der Waals surface area contributed by atoms with Crippen molar-refractivity contribution < 1.29 is 0 Å². The summed E-state index contributed by atoms with van der Waals surface area (Å²) < 4.78 is 0. The molecule has 0 nitrogen and oxygen atoms in total. The van der Waals surface area contributed by atoms with Crippen molar-refractivity contribution in [2.75, 3.05) is 0 Å². The Morgan fingerprint density at radius 2 is 1.91 bits per heavy atom. The summed E-state index contributed by atoms with van der Waals surface area (Å²) in [5, 5.41) is 0. The van der Waals surface area contributed by atoms with Crippen LogP contribution < -0.4 is 0 Å². The van der Waals surface area contributed by atoms with Crippen LogP contribution in [0, 0.1) is 17.8 Å². The highest BCUT2D eigenvalue weighted by Gasteiger charge is 2.15. The highest BCUT2D eigenvalue weighted by molar-refractivity contribution is 4.87. The molecule has 0 N–H and O–H groups in total. The van der Waals surface area contributed by atoms with Crippen molar-refractivity contribution in [1.82, 2.24) is 0 Å². The highest BCUT2D eigenvalue weighted by atomic mass is 14.2. The van der Waals surface area contributed by atoms with Crippen LogP contribution in [0.15, 0.2) is 18.4 Å². The van der Waals surface area contributed by atoms with Gasteiger partial charge in [-0.1, -0.05) is 34.3 Å². The van der Waals surface area contributed by atoms with Gasteiger partial charge in [0.15, 0.2) is 0 Å². The van der Waals surface area contributed by atoms with Crippen LogP contribution >= 0.6 is 0 Å². The molecular formula is C11H20. The molecule has 2 unspecified atom stereocenters. The lowest BCUT2D eigenvalue weighted by Crippen LogP contribution is -2.14. The maximum absolute atomic E-state index is 3.61. The molecule has 0 bridgehead atoms. The number of hydrogen-bond donors (Lipinski definition) is 0. The van der Waals surface area contributed by atoms with Gasteiger partial charge in [-0.3, -0.25) is 0 Å². The van der Waals surface area contributed by atoms with Crippen LogP contribution in [0.25, 0.3) is 0 Å². The number of rotatable bonds is 4. The maximum Gasteiger partial charge on any atom is -0.0132 e. The van der Waals surface area contributed by atoms with Gasteiger partial charge in [-0.15, -0.1) is 5.73 Å². The van der Waals surface area contributed by atoms with Gasteiger partial charge in [0.25, 0.3) is 0 Å². The minimum absolute atomic E-state index is 0.660. The van der Waals surface area contributed by atoms with Gasteiger partial charge in [-0.05, 0) is 30.3 Å². The van der Waals surface area contributed by atoms with E-state index in [-0.39, 0.29) is 0 Å². The summed E-state index contributed by atoms with van der Waals surface area (Å²) in [6.07, 6.45) is 3.30. The molecule has 0 spiro atoms. The standard InChI is InChI=1S/C11H20/c1-6-8-11(7-2)10(5)9(3)4/h8-11H,1,7H2,2-5H3. The molecule has 0 radical (unpaired) electrons. The van der Waals surface area contributed by atoms with Crippen molar-refractivity contribution >= 4 is 0 Å². The largest absolute Gasteiger partial charge is 0.133 e. The van der Waals surface area contributed by atoms with Gasteiger partial charge in [0.1, 0.15) is 0 Å². The van der Waals surface area contributed by atoms with Crippen LogP contribution in [-0.4, -0.2) is 0 Å². The molecule has 0 aliphatic rings. The molecular weight excluding hydrogens is 132 g/mol. The Morgan fingerprint density at radius 1 is 1.36 bits per heavy atom. The molecule has 0 aliphatic carbocycles. The van der Waals surface area contributed by atoms with Crippen LogP contribution in [0.3, 0.4) is 0 Å². The molecule has 0 aromatic heterocycles. The molecule has 0 saturated carbocycles. The lowest BCUT2D eigenvalue weighted by molar-refractivity contribution is 0.318. The van der Waals surface area contributed by atoms with E-state index in [4.69, 9.17) is 0 Å². The van der Waals surface area contributed by atoms with E-state index < -0.39 is 0 Å². The second-order valence-electron chi connectivity index (χ2n) is 3.55. The third-order valence-electron chi connectivity index (χ3n) is 2.53. The van der Waals surface area contributed by atoms with Crippen LogP contribution in [0.1, 0.15) is 34.1 Å². The van der Waals surface area contributed by atoms with Crippen molar-refractivity contribution in [3.8, 4) is 0 Å². The van der Waals surface area contributed by atoms with Crippen molar-refractivity contribution in [1.29, 1.82) is 0 Å². The van der Waals surface area contributed by atoms with Crippen LogP contribution in [0.5, 0.6) is 0 Å². The quantitative estimate of drug-likeness (QED) is 0.539. The smallest absolute Gasteiger partial charge is 0.0132 e. The Balaban J connectivity index is 4.12. The summed E-state index contributed by atoms with van der Waals surface area (Å²) in [7, 11) is 0. The molecule has 0 heteroatoms. The highest BCUT2D eigenvalue weighted by Crippen LogP contribution is 2.23. The van der Waals surface area contributed by atoms with E-state index in [0.717, 1.165) is 11.8 Å². The zero-order valence-corrected chi connectivity index (χ0v) is 8.22. The van der Waals surface area contributed by atoms with Gasteiger partial charge in [0.2, 0.25) is 0 Å². The van der Waals surface area contributed by atoms with Gasteiger partial charge >= 0.3 is 0 Å². The van der Waals surface area contributed by atoms with Crippen molar-refractivity contribution in [3.05, 3.63) is 18.4 Å². The predicted molar refractivity (Wildman–Crippen MR) is 51.5 cm³/mol. The van der Waals surface area contributed by atoms with E-state index in [9.17, 15) is 0 Å². The van der Waals surface area contributed by atoms with Crippen molar-refractivity contribution in [2.24, 2.45) is 17.8 Å². The van der Waals surface area contributed by atoms with Crippen LogP contribution in [0.4, 0.5) is 0 Å². The van der Waals surface area contributed by atoms with Gasteiger partial charge in [-0.25, -0.2) is 0 Å². The van der Waals surface area contributed by atoms with E-state index >= 15 is 0 Å². The maximum atomic E-state index is 3.61. The first-order chi connectivity index (χ1) is 5.13. The first kappa shape index (κ1) is 10.5. The minimum atomic E-state index is 0.660. The molecule has 0 rings (SSSR count). The van der Waals surface area contributed by atoms with E-state index in [1.165, 1.54) is 6.42 Å². The van der Waals surface area contributed by atoms with E-state index in [1.807, 2.05) is 0 Å². The molecule has 11 heavy (non-hydrogen) atoms. The third-order valence-corrected chi connectivity index (χ3v) is 2.53. The third kappa shape index (κ3) is 3.43. The van der Waals surface area contributed by atoms with Crippen LogP contribution in [-0.2, 0) is 0 Å². The van der Waals surface area contributed by atoms with Gasteiger partial charge in [0.05, 0.1) is 0 Å². The Kier molecular flexibility index (Phi) is 4.98. The topological polar surface area (TPSA) is 0 Å². The van der Waals surface area contributed by atoms with Gasteiger partial charge in [-0.2, -0.15) is 0 Å². The minimum Gasteiger partial charge on any atom is -0.133 e. The van der Waals surface area contributed by atoms with Crippen molar-refractivity contribution in [2.45, 2.75) is 34.1 Å². The predicted octanol–water partition coefficient (Wildman–Crippen LogP) is 3.65. The molecule has 0 aromatic carbocycles. The second kappa shape index (κ2) is 5.21. The average molecular weight is 152 g/mol. The van der Waals surface area contributed by atoms with Crippen LogP contribution in [0.2, 0.25) is 0 Å². The number of allylic oxidation sites excluding steroid dienone is 1. The molecule has 0 amide bonds. The lowest BCUT2D eigenvalue weighted by atomic mass is 9.83. The van der Waals surface area contributed by atoms with E-state index in [0.29, 0.717) is 5.92 Å². The second-order valence-corrected chi connectivity index (χ2v) is 3.55. The molecule has 0 aliphatic heterocycles. The Hall–Kier alpha value is -0.480. The molecule has 0 aromatic rings. The summed E-state index contributed by atoms with van der Waals surface area (Å²) in [6.45, 7) is 12.7. The first-order valence-corrected chi connectivity index (χ1v) is 4.49. The Labute approximate surface area is 71.0 Å². The monoisotopic (exact) mass is 152 g/mol. The zero-order valence-electron chi connectivity index (χ0n) is 8.22. The molecule has 0 heterocycles. The average Bonchev–Trinajstić information content (AvgIpc) is 1.98. The fraction of sp³-hybridized carbons (Fsp3) is 0.727. The molecule has 64 valence electrons. The summed E-state index contributed by atoms with van der Waals surface area (Å²) in [6, 6.07) is 0. The summed E-state index contributed by atoms with van der Waals surface area (Å²) in [5.74, 6) is 2.16. The molecule has 0 saturated heterocycles. The summed E-state index contributed by atoms with van der Waals surface area (Å²) in [4.78, 5) is 0. The molecule has 2 atom stereocenters. The lowest BCUT2D eigenvalue weighted by Gasteiger charge is -2.22. The molecule has 0 fully saturated rings. The fourth-order valence-electron chi connectivity index (χ4n) is 1.29. The SMILES string of the molecule is C=C=CC(CC)C(C)C(C)C. The fourth-order valence-corrected chi connectivity index (χ4v) is 1.29. The Bertz CT molecular complexity index is 138. The normalized spacial score (nSPS) is 15.7. The number of hydrogen-bond acceptors (Lipinski definition) is 0. The summed E-state index contributed by atoms with van der Waals surface area (Å²) in [5.41, 5.74) is 2.88. The van der Waals surface area contributed by atoms with Gasteiger partial charge in [0, 0.05) is 0 Å². The Morgan fingerprint density at radius 3 is 2.18 bits per heavy atom.